The molecule has 4 rings (SSSR count). The topological polar surface area (TPSA) is 141 Å². The number of ketones is 1. The van der Waals surface area contributed by atoms with E-state index in [1.807, 2.05) is 6.92 Å². The summed E-state index contributed by atoms with van der Waals surface area (Å²) in [5.74, 6) is -0.717. The number of rotatable bonds is 7. The van der Waals surface area contributed by atoms with E-state index in [0.29, 0.717) is 25.7 Å². The Morgan fingerprint density at radius 2 is 2.00 bits per heavy atom. The van der Waals surface area contributed by atoms with Crippen LogP contribution in [0.3, 0.4) is 0 Å². The lowest BCUT2D eigenvalue weighted by Gasteiger charge is -2.61. The minimum absolute atomic E-state index is 0.0100. The number of aliphatic hydroxyl groups excluding tert-OH is 2. The molecule has 0 unspecified atom stereocenters. The Hall–Kier alpha value is -1.29. The summed E-state index contributed by atoms with van der Waals surface area (Å²) in [7, 11) is -5.43. The van der Waals surface area contributed by atoms with E-state index in [4.69, 9.17) is 10.0 Å². The normalized spacial score (nSPS) is 44.4. The second-order valence-corrected chi connectivity index (χ2v) is 12.8. The number of carbonyl (C=O) groups excluding carboxylic acids is 2. The monoisotopic (exact) mass is 515 g/mol. The molecule has 9 heteroatoms. The van der Waals surface area contributed by atoms with Crippen LogP contribution in [0.1, 0.15) is 77.6 Å². The highest BCUT2D eigenvalue weighted by atomic mass is 32.2. The Labute approximate surface area is 214 Å². The lowest BCUT2D eigenvalue weighted by molar-refractivity contribution is -0.168. The van der Waals surface area contributed by atoms with Crippen molar-refractivity contribution in [3.05, 3.63) is 11.6 Å². The average molecular weight is 516 g/mol. The number of carbonyl (C=O) groups is 2. The molecule has 0 aromatic rings. The third-order valence-electron chi connectivity index (χ3n) is 10.1. The van der Waals surface area contributed by atoms with E-state index in [9.17, 15) is 28.2 Å². The van der Waals surface area contributed by atoms with Crippen LogP contribution < -0.4 is 5.32 Å². The number of hydrogen-bond acceptors (Lipinski definition) is 6. The van der Waals surface area contributed by atoms with Crippen LogP contribution in [-0.4, -0.2) is 59.3 Å². The van der Waals surface area contributed by atoms with E-state index in [1.165, 1.54) is 0 Å². The van der Waals surface area contributed by atoms with Crippen molar-refractivity contribution in [2.45, 2.75) is 84.3 Å². The van der Waals surface area contributed by atoms with Crippen LogP contribution in [0.15, 0.2) is 11.6 Å². The van der Waals surface area contributed by atoms with E-state index in [-0.39, 0.29) is 47.2 Å². The number of hydrogen-bond donors (Lipinski definition) is 4. The van der Waals surface area contributed by atoms with Crippen molar-refractivity contribution >= 4 is 21.8 Å². The molecule has 3 saturated carbocycles. The van der Waals surface area contributed by atoms with Crippen molar-refractivity contribution in [3.8, 4) is 0 Å². The molecule has 8 nitrogen and oxygen atoms in total. The Morgan fingerprint density at radius 3 is 2.69 bits per heavy atom. The minimum atomic E-state index is -5.43. The summed E-state index contributed by atoms with van der Waals surface area (Å²) in [4.78, 5) is 24.6. The molecule has 35 heavy (non-hydrogen) atoms. The molecule has 0 aliphatic heterocycles. The molecule has 1 amide bonds. The summed E-state index contributed by atoms with van der Waals surface area (Å²) in [6.45, 7) is 2.85. The Bertz CT molecular complexity index is 1160. The summed E-state index contributed by atoms with van der Waals surface area (Å²) in [5, 5.41) is 24.7. The second-order valence-electron chi connectivity index (χ2n) is 11.7. The number of nitrogens with one attached hydrogen (secondary N) is 1. The summed E-state index contributed by atoms with van der Waals surface area (Å²) >= 11 is 0. The first-order valence-electron chi connectivity index (χ1n) is 14.7. The molecular formula is C26H41NO7S. The molecule has 0 spiro atoms. The fourth-order valence-corrected chi connectivity index (χ4v) is 8.42. The standard InChI is InChI=1S/C26H41NO7S/c1-15(4-7-23(31)27-10-11-35(32,33)34)18-5-6-19-24-20(14-22(30)26(18,19)3)25(2)9-8-17(28)12-16(25)13-21(24)29/h12,15,18-22,24,29-30H,4-11,13-14H2,1-3H3,(H,27,31)(H,32,33,34)/t15-,18-,19+,20+,21-,22+,24+,25+,26-/m1/s1/i10D2,11D2. The van der Waals surface area contributed by atoms with Gasteiger partial charge in [0.15, 0.2) is 5.78 Å². The molecule has 0 bridgehead atoms. The zero-order chi connectivity index (χ0) is 29.3. The van der Waals surface area contributed by atoms with E-state index in [1.54, 1.807) is 11.4 Å². The molecule has 4 N–H and O–H groups in total. The predicted molar refractivity (Wildman–Crippen MR) is 131 cm³/mol. The maximum atomic E-state index is 12.5. The number of amides is 1. The quantitative estimate of drug-likeness (QED) is 0.382. The first-order chi connectivity index (χ1) is 17.8. The van der Waals surface area contributed by atoms with Crippen LogP contribution in [0.25, 0.3) is 0 Å². The molecular weight excluding hydrogens is 470 g/mol. The van der Waals surface area contributed by atoms with Gasteiger partial charge in [-0.25, -0.2) is 0 Å². The average Bonchev–Trinajstić information content (AvgIpc) is 3.16. The van der Waals surface area contributed by atoms with Gasteiger partial charge in [-0.05, 0) is 85.0 Å². The Balaban J connectivity index is 1.47. The Morgan fingerprint density at radius 1 is 1.29 bits per heavy atom. The Kier molecular flexibility index (Phi) is 5.93. The maximum Gasteiger partial charge on any atom is 0.266 e. The van der Waals surface area contributed by atoms with Crippen LogP contribution in [-0.2, 0) is 19.7 Å². The first kappa shape index (κ1) is 21.8. The molecule has 0 saturated heterocycles. The summed E-state index contributed by atoms with van der Waals surface area (Å²) in [5.41, 5.74) is -3.46. The van der Waals surface area contributed by atoms with E-state index < -0.39 is 45.9 Å². The van der Waals surface area contributed by atoms with Gasteiger partial charge >= 0.3 is 0 Å². The van der Waals surface area contributed by atoms with Gasteiger partial charge in [0.05, 0.1) is 20.7 Å². The third kappa shape index (κ3) is 4.86. The van der Waals surface area contributed by atoms with Crippen LogP contribution in [0.5, 0.6) is 0 Å². The minimum Gasteiger partial charge on any atom is -0.393 e. The summed E-state index contributed by atoms with van der Waals surface area (Å²) < 4.78 is 61.8. The lowest BCUT2D eigenvalue weighted by Crippen LogP contribution is -2.60. The zero-order valence-corrected chi connectivity index (χ0v) is 21.5. The highest BCUT2D eigenvalue weighted by Crippen LogP contribution is 2.67. The van der Waals surface area contributed by atoms with Crippen LogP contribution in [0.2, 0.25) is 0 Å². The number of aliphatic hydroxyl groups is 2. The van der Waals surface area contributed by atoms with Crippen molar-refractivity contribution < 1.29 is 38.3 Å². The van der Waals surface area contributed by atoms with Crippen molar-refractivity contribution in [3.63, 3.8) is 0 Å². The van der Waals surface area contributed by atoms with Crippen LogP contribution >= 0.6 is 0 Å². The van der Waals surface area contributed by atoms with Crippen LogP contribution in [0, 0.1) is 40.4 Å². The highest BCUT2D eigenvalue weighted by Gasteiger charge is 2.64. The van der Waals surface area contributed by atoms with Gasteiger partial charge in [0.2, 0.25) is 5.91 Å². The molecule has 0 heterocycles. The number of fused-ring (bicyclic) bond motifs is 5. The van der Waals surface area contributed by atoms with Gasteiger partial charge in [-0.3, -0.25) is 14.1 Å². The lowest BCUT2D eigenvalue weighted by atomic mass is 9.45. The summed E-state index contributed by atoms with van der Waals surface area (Å²) in [6, 6.07) is 0. The maximum absolute atomic E-state index is 12.5. The molecule has 0 radical (unpaired) electrons. The highest BCUT2D eigenvalue weighted by molar-refractivity contribution is 7.85. The molecule has 198 valence electrons. The fraction of sp³-hybridized carbons (Fsp3) is 0.846. The fourth-order valence-electron chi connectivity index (χ4n) is 8.24. The molecule has 3 fully saturated rings. The molecule has 4 aliphatic carbocycles. The van der Waals surface area contributed by atoms with Gasteiger partial charge in [0.1, 0.15) is 0 Å². The second kappa shape index (κ2) is 9.54. The van der Waals surface area contributed by atoms with E-state index >= 15 is 0 Å². The van der Waals surface area contributed by atoms with Gasteiger partial charge in [0, 0.05) is 22.1 Å². The van der Waals surface area contributed by atoms with Gasteiger partial charge in [0.25, 0.3) is 10.1 Å². The van der Waals surface area contributed by atoms with Crippen molar-refractivity contribution in [1.29, 1.82) is 0 Å². The van der Waals surface area contributed by atoms with Gasteiger partial charge < -0.3 is 15.5 Å². The van der Waals surface area contributed by atoms with Gasteiger partial charge in [-0.1, -0.05) is 26.3 Å². The smallest absolute Gasteiger partial charge is 0.266 e. The zero-order valence-electron chi connectivity index (χ0n) is 24.7. The third-order valence-corrected chi connectivity index (χ3v) is 10.4. The van der Waals surface area contributed by atoms with Crippen molar-refractivity contribution in [2.24, 2.45) is 40.4 Å². The van der Waals surface area contributed by atoms with E-state index in [2.05, 4.69) is 13.8 Å². The van der Waals surface area contributed by atoms with E-state index in [0.717, 1.165) is 24.8 Å². The van der Waals surface area contributed by atoms with Gasteiger partial charge in [-0.2, -0.15) is 8.42 Å². The largest absolute Gasteiger partial charge is 0.393 e. The first-order valence-corrected chi connectivity index (χ1v) is 14.1. The molecule has 0 aromatic heterocycles. The molecule has 4 aliphatic rings. The summed E-state index contributed by atoms with van der Waals surface area (Å²) in [6.07, 6.45) is 4.38. The predicted octanol–water partition coefficient (Wildman–Crippen LogP) is 2.50. The molecule has 9 atom stereocenters. The van der Waals surface area contributed by atoms with Crippen molar-refractivity contribution in [1.82, 2.24) is 5.32 Å². The SMILES string of the molecule is [2H]C([2H])(NC(=O)CC[C@@H](C)[C@H]1CC[C@H]2[C@@H]3[C@H](O)CC4=CC(=O)CC[C@]4(C)[C@H]3C[C@H](O)[C@]12C)C([2H])([2H])S(=O)(=O)O. The van der Waals surface area contributed by atoms with Crippen molar-refractivity contribution in [2.75, 3.05) is 12.2 Å². The molecule has 0 aromatic carbocycles. The van der Waals surface area contributed by atoms with Gasteiger partial charge in [-0.15, -0.1) is 0 Å². The van der Waals surface area contributed by atoms with Crippen LogP contribution in [0.4, 0.5) is 0 Å².